The van der Waals surface area contributed by atoms with Crippen molar-refractivity contribution in [2.75, 3.05) is 0 Å². The lowest BCUT2D eigenvalue weighted by Gasteiger charge is -2.03. The molecule has 1 aliphatic rings. The van der Waals surface area contributed by atoms with Gasteiger partial charge in [-0.25, -0.2) is 13.2 Å². The van der Waals surface area contributed by atoms with Crippen LogP contribution in [0.1, 0.15) is 33.0 Å². The maximum atomic E-state index is 12.1. The Morgan fingerprint density at radius 1 is 1.31 bits per heavy atom. The molecule has 4 nitrogen and oxygen atoms in total. The highest BCUT2D eigenvalue weighted by Gasteiger charge is 2.41. The van der Waals surface area contributed by atoms with E-state index in [0.29, 0.717) is 22.6 Å². The molecule has 0 amide bonds. The Morgan fingerprint density at radius 2 is 1.88 bits per heavy atom. The van der Waals surface area contributed by atoms with Crippen molar-refractivity contribution in [2.45, 2.75) is 36.8 Å². The molecule has 1 heterocycles. The van der Waals surface area contributed by atoms with Gasteiger partial charge in [-0.1, -0.05) is 0 Å². The molecular formula is C10H12O4S2. The summed E-state index contributed by atoms with van der Waals surface area (Å²) in [4.78, 5) is 12.3. The predicted molar refractivity (Wildman–Crippen MR) is 61.0 cm³/mol. The molecule has 0 atom stereocenters. The first-order valence-electron chi connectivity index (χ1n) is 4.93. The molecule has 1 saturated carbocycles. The van der Waals surface area contributed by atoms with Crippen molar-refractivity contribution >= 4 is 27.1 Å². The molecule has 0 unspecified atom stereocenters. The van der Waals surface area contributed by atoms with E-state index >= 15 is 0 Å². The van der Waals surface area contributed by atoms with Gasteiger partial charge in [0.15, 0.2) is 9.84 Å². The van der Waals surface area contributed by atoms with Gasteiger partial charge in [-0.05, 0) is 26.7 Å². The number of aromatic carboxylic acids is 1. The van der Waals surface area contributed by atoms with Crippen LogP contribution in [-0.2, 0) is 9.84 Å². The van der Waals surface area contributed by atoms with E-state index in [1.807, 2.05) is 0 Å². The van der Waals surface area contributed by atoms with Crippen molar-refractivity contribution in [1.29, 1.82) is 0 Å². The van der Waals surface area contributed by atoms with Crippen LogP contribution in [0.5, 0.6) is 0 Å². The van der Waals surface area contributed by atoms with Crippen molar-refractivity contribution < 1.29 is 18.3 Å². The van der Waals surface area contributed by atoms with Gasteiger partial charge in [-0.3, -0.25) is 0 Å². The molecule has 1 aromatic rings. The Balaban J connectivity index is 2.68. The maximum Gasteiger partial charge on any atom is 0.338 e. The van der Waals surface area contributed by atoms with E-state index in [1.54, 1.807) is 13.8 Å². The van der Waals surface area contributed by atoms with Crippen molar-refractivity contribution in [3.8, 4) is 0 Å². The average molecular weight is 260 g/mol. The van der Waals surface area contributed by atoms with Gasteiger partial charge in [0.2, 0.25) is 0 Å². The molecule has 1 N–H and O–H groups in total. The van der Waals surface area contributed by atoms with Gasteiger partial charge in [0.25, 0.3) is 0 Å². The number of aryl methyl sites for hydroxylation is 2. The molecule has 1 aliphatic carbocycles. The minimum absolute atomic E-state index is 0.0330. The number of hydrogen-bond donors (Lipinski definition) is 1. The topological polar surface area (TPSA) is 71.4 Å². The summed E-state index contributed by atoms with van der Waals surface area (Å²) in [7, 11) is -3.42. The molecular weight excluding hydrogens is 248 g/mol. The Hall–Kier alpha value is -0.880. The van der Waals surface area contributed by atoms with Crippen LogP contribution in [0, 0.1) is 13.8 Å². The lowest BCUT2D eigenvalue weighted by molar-refractivity contribution is 0.0692. The van der Waals surface area contributed by atoms with Gasteiger partial charge in [0.05, 0.1) is 15.7 Å². The second kappa shape index (κ2) is 3.56. The smallest absolute Gasteiger partial charge is 0.338 e. The number of carbonyl (C=O) groups is 1. The minimum Gasteiger partial charge on any atom is -0.478 e. The Morgan fingerprint density at radius 3 is 2.31 bits per heavy atom. The highest BCUT2D eigenvalue weighted by Crippen LogP contribution is 2.40. The fourth-order valence-corrected chi connectivity index (χ4v) is 5.30. The standard InChI is InChI=1S/C10H12O4S2/c1-5-8(10(11)12)9(6(2)15-5)16(13,14)7-3-4-7/h7H,3-4H2,1-2H3,(H,11,12). The number of rotatable bonds is 3. The zero-order valence-corrected chi connectivity index (χ0v) is 10.6. The monoisotopic (exact) mass is 260 g/mol. The first-order chi connectivity index (χ1) is 7.35. The molecule has 1 aromatic heterocycles. The fraction of sp³-hybridized carbons (Fsp3) is 0.500. The third kappa shape index (κ3) is 1.66. The van der Waals surface area contributed by atoms with E-state index in [-0.39, 0.29) is 15.7 Å². The third-order valence-electron chi connectivity index (χ3n) is 2.67. The third-order valence-corrected chi connectivity index (χ3v) is 6.24. The molecule has 2 rings (SSSR count). The number of sulfone groups is 1. The number of carboxylic acid groups (broad SMARTS) is 1. The van der Waals surface area contributed by atoms with Gasteiger partial charge >= 0.3 is 5.97 Å². The number of carboxylic acids is 1. The van der Waals surface area contributed by atoms with Gasteiger partial charge in [0.1, 0.15) is 0 Å². The summed E-state index contributed by atoms with van der Waals surface area (Å²) >= 11 is 1.24. The summed E-state index contributed by atoms with van der Waals surface area (Å²) in [5.74, 6) is -1.15. The van der Waals surface area contributed by atoms with Crippen LogP contribution in [0.2, 0.25) is 0 Å². The Kier molecular flexibility index (Phi) is 2.58. The van der Waals surface area contributed by atoms with Crippen LogP contribution >= 0.6 is 11.3 Å². The molecule has 0 spiro atoms. The lowest BCUT2D eigenvalue weighted by atomic mass is 10.2. The molecule has 16 heavy (non-hydrogen) atoms. The molecule has 0 radical (unpaired) electrons. The first-order valence-corrected chi connectivity index (χ1v) is 7.29. The van der Waals surface area contributed by atoms with Crippen LogP contribution < -0.4 is 0 Å². The maximum absolute atomic E-state index is 12.1. The van der Waals surface area contributed by atoms with Crippen LogP contribution in [-0.4, -0.2) is 24.7 Å². The van der Waals surface area contributed by atoms with Crippen molar-refractivity contribution in [3.05, 3.63) is 15.3 Å². The average Bonchev–Trinajstić information content (AvgIpc) is 2.91. The quantitative estimate of drug-likeness (QED) is 0.902. The molecule has 6 heteroatoms. The zero-order valence-electron chi connectivity index (χ0n) is 8.98. The molecule has 0 saturated heterocycles. The van der Waals surface area contributed by atoms with Crippen molar-refractivity contribution in [2.24, 2.45) is 0 Å². The fourth-order valence-electron chi connectivity index (χ4n) is 1.80. The van der Waals surface area contributed by atoms with E-state index in [9.17, 15) is 13.2 Å². The second-order valence-corrected chi connectivity index (χ2v) is 7.56. The summed E-state index contributed by atoms with van der Waals surface area (Å²) in [6.45, 7) is 3.31. The van der Waals surface area contributed by atoms with Gasteiger partial charge in [0, 0.05) is 9.75 Å². The highest BCUT2D eigenvalue weighted by atomic mass is 32.2. The summed E-state index contributed by atoms with van der Waals surface area (Å²) < 4.78 is 24.2. The SMILES string of the molecule is Cc1sc(C)c(S(=O)(=O)C2CC2)c1C(=O)O. The van der Waals surface area contributed by atoms with E-state index < -0.39 is 15.8 Å². The van der Waals surface area contributed by atoms with Crippen LogP contribution in [0.3, 0.4) is 0 Å². The Labute approximate surface area is 97.8 Å². The normalized spacial score (nSPS) is 16.4. The van der Waals surface area contributed by atoms with E-state index in [4.69, 9.17) is 5.11 Å². The molecule has 0 aliphatic heterocycles. The molecule has 88 valence electrons. The largest absolute Gasteiger partial charge is 0.478 e. The van der Waals surface area contributed by atoms with Gasteiger partial charge in [-0.15, -0.1) is 11.3 Å². The highest BCUT2D eigenvalue weighted by molar-refractivity contribution is 7.92. The first kappa shape index (κ1) is 11.6. The molecule has 0 aromatic carbocycles. The van der Waals surface area contributed by atoms with Crippen LogP contribution in [0.15, 0.2) is 4.90 Å². The van der Waals surface area contributed by atoms with Crippen molar-refractivity contribution in [3.63, 3.8) is 0 Å². The summed E-state index contributed by atoms with van der Waals surface area (Å²) in [5.41, 5.74) is -0.0330. The van der Waals surface area contributed by atoms with E-state index in [0.717, 1.165) is 0 Å². The summed E-state index contributed by atoms with van der Waals surface area (Å²) in [6.07, 6.45) is 1.30. The minimum atomic E-state index is -3.42. The lowest BCUT2D eigenvalue weighted by Crippen LogP contribution is -2.12. The predicted octanol–water partition coefficient (Wildman–Crippen LogP) is 2.00. The summed E-state index contributed by atoms with van der Waals surface area (Å²) in [5, 5.41) is 8.70. The van der Waals surface area contributed by atoms with E-state index in [2.05, 4.69) is 0 Å². The molecule has 0 bridgehead atoms. The number of thiophene rings is 1. The van der Waals surface area contributed by atoms with Crippen molar-refractivity contribution in [1.82, 2.24) is 0 Å². The van der Waals surface area contributed by atoms with E-state index in [1.165, 1.54) is 11.3 Å². The molecule has 1 fully saturated rings. The second-order valence-electron chi connectivity index (χ2n) is 3.97. The Bertz CT molecular complexity index is 550. The van der Waals surface area contributed by atoms with Crippen LogP contribution in [0.4, 0.5) is 0 Å². The van der Waals surface area contributed by atoms with Gasteiger partial charge < -0.3 is 5.11 Å². The van der Waals surface area contributed by atoms with Crippen LogP contribution in [0.25, 0.3) is 0 Å². The summed E-state index contributed by atoms with van der Waals surface area (Å²) in [6, 6.07) is 0. The zero-order chi connectivity index (χ0) is 12.1. The number of hydrogen-bond acceptors (Lipinski definition) is 4. The van der Waals surface area contributed by atoms with Gasteiger partial charge in [-0.2, -0.15) is 0 Å².